The molecule has 6 heteroatoms. The third-order valence-corrected chi connectivity index (χ3v) is 5.11. The zero-order chi connectivity index (χ0) is 18.5. The minimum absolute atomic E-state index is 0.129. The molecular weight excluding hydrogens is 326 g/mol. The highest BCUT2D eigenvalue weighted by Gasteiger charge is 2.25. The van der Waals surface area contributed by atoms with Crippen LogP contribution in [0.25, 0.3) is 11.2 Å². The molecule has 1 fully saturated rings. The smallest absolute Gasteiger partial charge is 0.223 e. The van der Waals surface area contributed by atoms with Crippen LogP contribution in [0.3, 0.4) is 0 Å². The molecule has 0 saturated carbocycles. The van der Waals surface area contributed by atoms with Gasteiger partial charge in [-0.15, -0.1) is 0 Å². The average molecular weight is 355 g/mol. The van der Waals surface area contributed by atoms with Crippen molar-refractivity contribution in [2.24, 2.45) is 5.92 Å². The summed E-state index contributed by atoms with van der Waals surface area (Å²) in [6.45, 7) is 8.81. The van der Waals surface area contributed by atoms with E-state index in [9.17, 15) is 4.79 Å². The van der Waals surface area contributed by atoms with Crippen molar-refractivity contribution in [1.82, 2.24) is 20.3 Å². The lowest BCUT2D eigenvalue weighted by molar-refractivity contribution is -0.125. The SMILES string of the molecule is CCCNC(=O)C1CCN(c2cnc3nc(CC)c(CC)nc3c2)CC1. The summed E-state index contributed by atoms with van der Waals surface area (Å²) < 4.78 is 0. The maximum atomic E-state index is 12.1. The van der Waals surface area contributed by atoms with E-state index in [2.05, 4.69) is 47.0 Å². The summed E-state index contributed by atoms with van der Waals surface area (Å²) in [6.07, 6.45) is 6.40. The van der Waals surface area contributed by atoms with Gasteiger partial charge in [0.1, 0.15) is 5.52 Å². The van der Waals surface area contributed by atoms with E-state index in [1.807, 2.05) is 6.20 Å². The van der Waals surface area contributed by atoms with Crippen LogP contribution >= 0.6 is 0 Å². The average Bonchev–Trinajstić information content (AvgIpc) is 2.70. The van der Waals surface area contributed by atoms with E-state index >= 15 is 0 Å². The maximum absolute atomic E-state index is 12.1. The molecule has 0 aliphatic carbocycles. The number of rotatable bonds is 6. The number of pyridine rings is 1. The first-order chi connectivity index (χ1) is 12.7. The normalized spacial score (nSPS) is 15.4. The summed E-state index contributed by atoms with van der Waals surface area (Å²) in [5, 5.41) is 3.02. The molecular formula is C20H29N5O. The first-order valence-corrected chi connectivity index (χ1v) is 9.84. The topological polar surface area (TPSA) is 71.0 Å². The second-order valence-corrected chi connectivity index (χ2v) is 6.91. The standard InChI is InChI=1S/C20H29N5O/c1-4-9-21-20(26)14-7-10-25(11-8-14)15-12-18-19(22-13-15)24-17(6-3)16(5-2)23-18/h12-14H,4-11H2,1-3H3,(H,21,26). The number of carbonyl (C=O) groups is 1. The lowest BCUT2D eigenvalue weighted by Gasteiger charge is -2.32. The number of nitrogens with one attached hydrogen (secondary N) is 1. The van der Waals surface area contributed by atoms with Gasteiger partial charge in [0.25, 0.3) is 0 Å². The van der Waals surface area contributed by atoms with Crippen molar-refractivity contribution in [2.45, 2.75) is 52.9 Å². The summed E-state index contributed by atoms with van der Waals surface area (Å²) in [6, 6.07) is 2.09. The molecule has 3 rings (SSSR count). The molecule has 1 aliphatic rings. The van der Waals surface area contributed by atoms with Gasteiger partial charge in [0.15, 0.2) is 5.65 Å². The van der Waals surface area contributed by atoms with E-state index in [0.717, 1.165) is 80.0 Å². The van der Waals surface area contributed by atoms with Gasteiger partial charge in [-0.3, -0.25) is 4.79 Å². The highest BCUT2D eigenvalue weighted by molar-refractivity contribution is 5.79. The highest BCUT2D eigenvalue weighted by Crippen LogP contribution is 2.25. The summed E-state index contributed by atoms with van der Waals surface area (Å²) >= 11 is 0. The van der Waals surface area contributed by atoms with Gasteiger partial charge >= 0.3 is 0 Å². The number of amides is 1. The zero-order valence-electron chi connectivity index (χ0n) is 16.1. The van der Waals surface area contributed by atoms with Crippen molar-refractivity contribution < 1.29 is 4.79 Å². The lowest BCUT2D eigenvalue weighted by atomic mass is 9.95. The zero-order valence-corrected chi connectivity index (χ0v) is 16.1. The van der Waals surface area contributed by atoms with E-state index in [1.54, 1.807) is 0 Å². The van der Waals surface area contributed by atoms with Gasteiger partial charge < -0.3 is 10.2 Å². The van der Waals surface area contributed by atoms with Gasteiger partial charge in [-0.2, -0.15) is 0 Å². The molecule has 1 aliphatic heterocycles. The van der Waals surface area contributed by atoms with Crippen LogP contribution in [-0.2, 0) is 17.6 Å². The summed E-state index contributed by atoms with van der Waals surface area (Å²) in [5.74, 6) is 0.332. The van der Waals surface area contributed by atoms with E-state index < -0.39 is 0 Å². The Morgan fingerprint density at radius 3 is 2.50 bits per heavy atom. The van der Waals surface area contributed by atoms with Crippen molar-refractivity contribution in [2.75, 3.05) is 24.5 Å². The first kappa shape index (κ1) is 18.5. The van der Waals surface area contributed by atoms with Crippen molar-refractivity contribution in [3.63, 3.8) is 0 Å². The van der Waals surface area contributed by atoms with E-state index in [0.29, 0.717) is 0 Å². The highest BCUT2D eigenvalue weighted by atomic mass is 16.1. The van der Waals surface area contributed by atoms with Crippen LogP contribution in [0.4, 0.5) is 5.69 Å². The minimum atomic E-state index is 0.129. The summed E-state index contributed by atoms with van der Waals surface area (Å²) in [7, 11) is 0. The van der Waals surface area contributed by atoms with E-state index in [-0.39, 0.29) is 11.8 Å². The molecule has 0 aromatic carbocycles. The fourth-order valence-corrected chi connectivity index (χ4v) is 3.54. The van der Waals surface area contributed by atoms with Crippen molar-refractivity contribution in [1.29, 1.82) is 0 Å². The number of aryl methyl sites for hydroxylation is 2. The summed E-state index contributed by atoms with van der Waals surface area (Å²) in [4.78, 5) is 28.4. The van der Waals surface area contributed by atoms with Gasteiger partial charge in [-0.05, 0) is 38.2 Å². The van der Waals surface area contributed by atoms with E-state index in [1.165, 1.54) is 0 Å². The lowest BCUT2D eigenvalue weighted by Crippen LogP contribution is -2.40. The van der Waals surface area contributed by atoms with Gasteiger partial charge in [0.05, 0.1) is 23.3 Å². The molecule has 140 valence electrons. The molecule has 0 radical (unpaired) electrons. The Morgan fingerprint density at radius 2 is 1.85 bits per heavy atom. The number of fused-ring (bicyclic) bond motifs is 1. The van der Waals surface area contributed by atoms with Crippen LogP contribution in [-0.4, -0.2) is 40.5 Å². The quantitative estimate of drug-likeness (QED) is 0.863. The third kappa shape index (κ3) is 3.94. The van der Waals surface area contributed by atoms with Gasteiger partial charge in [-0.1, -0.05) is 20.8 Å². The largest absolute Gasteiger partial charge is 0.370 e. The molecule has 26 heavy (non-hydrogen) atoms. The second-order valence-electron chi connectivity index (χ2n) is 6.91. The van der Waals surface area contributed by atoms with Crippen molar-refractivity contribution in [3.8, 4) is 0 Å². The number of aromatic nitrogens is 3. The Balaban J connectivity index is 1.72. The molecule has 1 saturated heterocycles. The number of hydrogen-bond donors (Lipinski definition) is 1. The molecule has 1 N–H and O–H groups in total. The van der Waals surface area contributed by atoms with Gasteiger partial charge in [0, 0.05) is 25.6 Å². The molecule has 0 atom stereocenters. The molecule has 0 spiro atoms. The number of anilines is 1. The fraction of sp³-hybridized carbons (Fsp3) is 0.600. The number of hydrogen-bond acceptors (Lipinski definition) is 5. The fourth-order valence-electron chi connectivity index (χ4n) is 3.54. The molecule has 6 nitrogen and oxygen atoms in total. The minimum Gasteiger partial charge on any atom is -0.370 e. The maximum Gasteiger partial charge on any atom is 0.223 e. The van der Waals surface area contributed by atoms with Crippen molar-refractivity contribution >= 4 is 22.8 Å². The summed E-state index contributed by atoms with van der Waals surface area (Å²) in [5.41, 5.74) is 4.76. The van der Waals surface area contributed by atoms with Crippen molar-refractivity contribution in [3.05, 3.63) is 23.7 Å². The number of nitrogens with zero attached hydrogens (tertiary/aromatic N) is 4. The molecule has 1 amide bonds. The second kappa shape index (κ2) is 8.43. The van der Waals surface area contributed by atoms with Gasteiger partial charge in [0.2, 0.25) is 5.91 Å². The molecule has 3 heterocycles. The van der Waals surface area contributed by atoms with Crippen LogP contribution in [0.2, 0.25) is 0 Å². The van der Waals surface area contributed by atoms with Crippen LogP contribution in [0, 0.1) is 5.92 Å². The predicted molar refractivity (Wildman–Crippen MR) is 104 cm³/mol. The number of piperidine rings is 1. The predicted octanol–water partition coefficient (Wildman–Crippen LogP) is 2.89. The molecule has 0 unspecified atom stereocenters. The molecule has 0 bridgehead atoms. The van der Waals surface area contributed by atoms with Gasteiger partial charge in [-0.25, -0.2) is 15.0 Å². The Kier molecular flexibility index (Phi) is 6.01. The van der Waals surface area contributed by atoms with E-state index in [4.69, 9.17) is 4.98 Å². The van der Waals surface area contributed by atoms with Crippen LogP contribution < -0.4 is 10.2 Å². The van der Waals surface area contributed by atoms with Crippen LogP contribution in [0.15, 0.2) is 12.3 Å². The molecule has 2 aromatic heterocycles. The van der Waals surface area contributed by atoms with Crippen LogP contribution in [0.1, 0.15) is 51.4 Å². The Morgan fingerprint density at radius 1 is 1.15 bits per heavy atom. The third-order valence-electron chi connectivity index (χ3n) is 5.11. The first-order valence-electron chi connectivity index (χ1n) is 9.84. The Labute approximate surface area is 155 Å². The molecule has 2 aromatic rings. The monoisotopic (exact) mass is 355 g/mol. The Bertz CT molecular complexity index is 768. The van der Waals surface area contributed by atoms with Crippen LogP contribution in [0.5, 0.6) is 0 Å². The number of carbonyl (C=O) groups excluding carboxylic acids is 1. The Hall–Kier alpha value is -2.24.